The monoisotopic (exact) mass is 332 g/mol. The van der Waals surface area contributed by atoms with E-state index in [1.165, 1.54) is 0 Å². The highest BCUT2D eigenvalue weighted by atomic mass is 16.3. The minimum absolute atomic E-state index is 0.167. The van der Waals surface area contributed by atoms with E-state index in [0.717, 1.165) is 45.4 Å². The number of phenolic OH excluding ortho intramolecular Hbond substituents is 1. The number of phenols is 1. The second-order valence-electron chi connectivity index (χ2n) is 6.50. The largest absolute Gasteiger partial charge is 0.507 e. The number of rotatable bonds is 5. The van der Waals surface area contributed by atoms with E-state index in [-0.39, 0.29) is 6.61 Å². The normalized spacial score (nSPS) is 10.8. The minimum Gasteiger partial charge on any atom is -0.507 e. The van der Waals surface area contributed by atoms with Gasteiger partial charge >= 0.3 is 0 Å². The fourth-order valence-corrected chi connectivity index (χ4v) is 3.28. The third-order valence-corrected chi connectivity index (χ3v) is 4.66. The van der Waals surface area contributed by atoms with Crippen molar-refractivity contribution in [2.24, 2.45) is 0 Å². The third kappa shape index (κ3) is 3.59. The Balaban J connectivity index is 2.23. The van der Waals surface area contributed by atoms with Crippen molar-refractivity contribution in [1.82, 2.24) is 0 Å². The molecular weight excluding hydrogens is 308 g/mol. The molecule has 0 aliphatic rings. The Bertz CT molecular complexity index is 814. The standard InChI is InChI=1S/C23H24O2/c1-16-8-3-5-11-19(16)21-14-18(10-7-13-24)15-22(23(21)25)20-12-6-4-9-17(20)2/h3-6,8-9,11-12,14-15,24-25H,7,10,13H2,1-2H3. The lowest BCUT2D eigenvalue weighted by Gasteiger charge is -2.16. The van der Waals surface area contributed by atoms with Gasteiger partial charge in [-0.05, 0) is 66.6 Å². The first-order valence-corrected chi connectivity index (χ1v) is 8.70. The summed E-state index contributed by atoms with van der Waals surface area (Å²) in [6.07, 6.45) is 1.50. The third-order valence-electron chi connectivity index (χ3n) is 4.66. The van der Waals surface area contributed by atoms with Crippen LogP contribution in [0.3, 0.4) is 0 Å². The number of benzene rings is 3. The maximum atomic E-state index is 11.0. The molecule has 0 aromatic heterocycles. The van der Waals surface area contributed by atoms with Crippen LogP contribution in [0.2, 0.25) is 0 Å². The van der Waals surface area contributed by atoms with Gasteiger partial charge in [-0.15, -0.1) is 0 Å². The van der Waals surface area contributed by atoms with E-state index >= 15 is 0 Å². The minimum atomic E-state index is 0.167. The Kier molecular flexibility index (Phi) is 5.20. The molecule has 0 heterocycles. The van der Waals surface area contributed by atoms with Crippen LogP contribution in [-0.4, -0.2) is 16.8 Å². The molecule has 0 fully saturated rings. The van der Waals surface area contributed by atoms with Gasteiger partial charge in [0.15, 0.2) is 0 Å². The number of aliphatic hydroxyl groups excluding tert-OH is 1. The molecule has 128 valence electrons. The molecule has 2 heteroatoms. The number of hydrogen-bond acceptors (Lipinski definition) is 2. The molecule has 0 saturated carbocycles. The summed E-state index contributed by atoms with van der Waals surface area (Å²) in [5.74, 6) is 0.316. The average molecular weight is 332 g/mol. The first-order chi connectivity index (χ1) is 12.1. The molecule has 2 N–H and O–H groups in total. The van der Waals surface area contributed by atoms with Crippen molar-refractivity contribution in [1.29, 1.82) is 0 Å². The second-order valence-corrected chi connectivity index (χ2v) is 6.50. The highest BCUT2D eigenvalue weighted by molar-refractivity contribution is 5.85. The van der Waals surface area contributed by atoms with Crippen LogP contribution < -0.4 is 0 Å². The predicted octanol–water partition coefficient (Wildman–Crippen LogP) is 5.27. The summed E-state index contributed by atoms with van der Waals surface area (Å²) in [7, 11) is 0. The van der Waals surface area contributed by atoms with Gasteiger partial charge < -0.3 is 10.2 Å². The second kappa shape index (κ2) is 7.54. The van der Waals surface area contributed by atoms with Crippen LogP contribution >= 0.6 is 0 Å². The summed E-state index contributed by atoms with van der Waals surface area (Å²) < 4.78 is 0. The zero-order chi connectivity index (χ0) is 17.8. The lowest BCUT2D eigenvalue weighted by molar-refractivity contribution is 0.288. The summed E-state index contributed by atoms with van der Waals surface area (Å²) in [6, 6.07) is 20.3. The van der Waals surface area contributed by atoms with Gasteiger partial charge in [-0.1, -0.05) is 48.5 Å². The van der Waals surface area contributed by atoms with Gasteiger partial charge in [0.25, 0.3) is 0 Å². The Labute approximate surface area is 149 Å². The van der Waals surface area contributed by atoms with Crippen molar-refractivity contribution in [2.75, 3.05) is 6.61 Å². The maximum Gasteiger partial charge on any atom is 0.131 e. The van der Waals surface area contributed by atoms with E-state index < -0.39 is 0 Å². The van der Waals surface area contributed by atoms with Crippen LogP contribution in [0, 0.1) is 13.8 Å². The van der Waals surface area contributed by atoms with E-state index in [4.69, 9.17) is 0 Å². The van der Waals surface area contributed by atoms with Gasteiger partial charge in [0.1, 0.15) is 5.75 Å². The molecule has 0 bridgehead atoms. The molecule has 0 atom stereocenters. The summed E-state index contributed by atoms with van der Waals surface area (Å²) in [5.41, 5.74) is 7.18. The van der Waals surface area contributed by atoms with Crippen LogP contribution in [0.25, 0.3) is 22.3 Å². The van der Waals surface area contributed by atoms with Gasteiger partial charge in [0.2, 0.25) is 0 Å². The molecule has 25 heavy (non-hydrogen) atoms. The van der Waals surface area contributed by atoms with Crippen molar-refractivity contribution in [2.45, 2.75) is 26.7 Å². The van der Waals surface area contributed by atoms with Crippen molar-refractivity contribution < 1.29 is 10.2 Å². The fraction of sp³-hybridized carbons (Fsp3) is 0.217. The predicted molar refractivity (Wildman–Crippen MR) is 104 cm³/mol. The molecule has 0 aliphatic carbocycles. The van der Waals surface area contributed by atoms with Crippen molar-refractivity contribution in [3.8, 4) is 28.0 Å². The summed E-state index contributed by atoms with van der Waals surface area (Å²) >= 11 is 0. The first kappa shape index (κ1) is 17.2. The van der Waals surface area contributed by atoms with Crippen LogP contribution in [0.1, 0.15) is 23.1 Å². The van der Waals surface area contributed by atoms with E-state index in [2.05, 4.69) is 38.1 Å². The van der Waals surface area contributed by atoms with E-state index in [9.17, 15) is 10.2 Å². The number of hydrogen-bond donors (Lipinski definition) is 2. The van der Waals surface area contributed by atoms with Crippen LogP contribution in [0.5, 0.6) is 5.75 Å². The quantitative estimate of drug-likeness (QED) is 0.668. The topological polar surface area (TPSA) is 40.5 Å². The molecule has 0 unspecified atom stereocenters. The van der Waals surface area contributed by atoms with E-state index in [1.807, 2.05) is 36.4 Å². The Morgan fingerprint density at radius 3 is 1.64 bits per heavy atom. The summed E-state index contributed by atoms with van der Waals surface area (Å²) in [6.45, 7) is 4.28. The highest BCUT2D eigenvalue weighted by Crippen LogP contribution is 2.41. The van der Waals surface area contributed by atoms with Crippen LogP contribution in [-0.2, 0) is 6.42 Å². The maximum absolute atomic E-state index is 11.0. The van der Waals surface area contributed by atoms with Gasteiger partial charge in [-0.3, -0.25) is 0 Å². The highest BCUT2D eigenvalue weighted by Gasteiger charge is 2.15. The number of aliphatic hydroxyl groups is 1. The smallest absolute Gasteiger partial charge is 0.131 e. The lowest BCUT2D eigenvalue weighted by Crippen LogP contribution is -1.95. The van der Waals surface area contributed by atoms with Gasteiger partial charge in [-0.2, -0.15) is 0 Å². The van der Waals surface area contributed by atoms with Gasteiger partial charge in [0, 0.05) is 17.7 Å². The molecule has 0 spiro atoms. The van der Waals surface area contributed by atoms with E-state index in [1.54, 1.807) is 0 Å². The molecule has 0 amide bonds. The van der Waals surface area contributed by atoms with E-state index in [0.29, 0.717) is 12.2 Å². The average Bonchev–Trinajstić information content (AvgIpc) is 2.62. The molecule has 3 rings (SSSR count). The molecule has 0 saturated heterocycles. The van der Waals surface area contributed by atoms with Gasteiger partial charge in [0.05, 0.1) is 0 Å². The first-order valence-electron chi connectivity index (χ1n) is 8.70. The SMILES string of the molecule is Cc1ccccc1-c1cc(CCCO)cc(-c2ccccc2C)c1O. The molecule has 3 aromatic rings. The molecule has 3 aromatic carbocycles. The molecule has 0 radical (unpaired) electrons. The summed E-state index contributed by atoms with van der Waals surface area (Å²) in [5, 5.41) is 20.2. The van der Waals surface area contributed by atoms with Gasteiger partial charge in [-0.25, -0.2) is 0 Å². The number of aryl methyl sites for hydroxylation is 3. The molecular formula is C23H24O2. The number of aromatic hydroxyl groups is 1. The molecule has 0 aliphatic heterocycles. The fourth-order valence-electron chi connectivity index (χ4n) is 3.28. The molecule has 2 nitrogen and oxygen atoms in total. The zero-order valence-corrected chi connectivity index (χ0v) is 14.8. The Morgan fingerprint density at radius 2 is 1.20 bits per heavy atom. The van der Waals surface area contributed by atoms with Crippen molar-refractivity contribution in [3.05, 3.63) is 77.4 Å². The Morgan fingerprint density at radius 1 is 0.720 bits per heavy atom. The van der Waals surface area contributed by atoms with Crippen LogP contribution in [0.4, 0.5) is 0 Å². The van der Waals surface area contributed by atoms with Crippen molar-refractivity contribution >= 4 is 0 Å². The lowest BCUT2D eigenvalue weighted by atomic mass is 9.90. The Hall–Kier alpha value is -2.58. The van der Waals surface area contributed by atoms with Crippen LogP contribution in [0.15, 0.2) is 60.7 Å². The van der Waals surface area contributed by atoms with Crippen molar-refractivity contribution in [3.63, 3.8) is 0 Å². The zero-order valence-electron chi connectivity index (χ0n) is 14.8. The summed E-state index contributed by atoms with van der Waals surface area (Å²) in [4.78, 5) is 0.